The zero-order valence-electron chi connectivity index (χ0n) is 26.4. The van der Waals surface area contributed by atoms with Crippen LogP contribution >= 0.6 is 0 Å². The zero-order chi connectivity index (χ0) is 34.7. The maximum Gasteiger partial charge on any atom is 0.338 e. The Morgan fingerprint density at radius 2 is 1.66 bits per heavy atom. The van der Waals surface area contributed by atoms with Crippen molar-refractivity contribution >= 4 is 17.9 Å². The van der Waals surface area contributed by atoms with Crippen LogP contribution in [-0.4, -0.2) is 115 Å². The van der Waals surface area contributed by atoms with Gasteiger partial charge in [-0.3, -0.25) is 10.3 Å². The van der Waals surface area contributed by atoms with E-state index < -0.39 is 49.3 Å². The first-order chi connectivity index (χ1) is 22.4. The number of rotatable bonds is 16. The summed E-state index contributed by atoms with van der Waals surface area (Å²) in [5, 5.41) is 57.3. The molecule has 2 aromatic carbocycles. The molecule has 0 bridgehead atoms. The number of benzene rings is 2. The molecule has 47 heavy (non-hydrogen) atoms. The molecule has 1 aliphatic heterocycles. The lowest BCUT2D eigenvalue weighted by molar-refractivity contribution is -0.277. The second-order valence-electron chi connectivity index (χ2n) is 10.8. The van der Waals surface area contributed by atoms with E-state index in [9.17, 15) is 35.1 Å². The Morgan fingerprint density at radius 1 is 0.979 bits per heavy atom. The minimum absolute atomic E-state index is 0.0406. The maximum atomic E-state index is 13.0. The molecule has 0 radical (unpaired) electrons. The number of guanidine groups is 1. The van der Waals surface area contributed by atoms with Crippen LogP contribution in [0.2, 0.25) is 0 Å². The minimum Gasteiger partial charge on any atom is -0.502 e. The number of nitrogens with zero attached hydrogens (tertiary/aromatic N) is 1. The molecule has 9 N–H and O–H groups in total. The van der Waals surface area contributed by atoms with Gasteiger partial charge in [0.15, 0.2) is 35.7 Å². The number of ether oxygens (including phenoxy) is 6. The van der Waals surface area contributed by atoms with E-state index in [0.717, 1.165) is 12.5 Å². The highest BCUT2D eigenvalue weighted by molar-refractivity contribution is 5.91. The number of hydrogen-bond acceptors (Lipinski definition) is 14. The smallest absolute Gasteiger partial charge is 0.338 e. The number of phenolic OH excluding ortho intramolecular Hbond substituents is 1. The number of esters is 1. The van der Waals surface area contributed by atoms with E-state index >= 15 is 0 Å². The molecule has 0 amide bonds. The van der Waals surface area contributed by atoms with E-state index in [1.54, 1.807) is 0 Å². The summed E-state index contributed by atoms with van der Waals surface area (Å²) in [4.78, 5) is 28.2. The fourth-order valence-electron chi connectivity index (χ4n) is 4.19. The first-order valence-corrected chi connectivity index (χ1v) is 14.6. The lowest BCUT2D eigenvalue weighted by Gasteiger charge is -2.40. The van der Waals surface area contributed by atoms with Gasteiger partial charge in [-0.1, -0.05) is 13.8 Å². The van der Waals surface area contributed by atoms with E-state index in [0.29, 0.717) is 12.5 Å². The summed E-state index contributed by atoms with van der Waals surface area (Å²) in [5.74, 6) is -2.21. The van der Waals surface area contributed by atoms with Crippen molar-refractivity contribution < 1.29 is 63.5 Å². The molecule has 1 fully saturated rings. The van der Waals surface area contributed by atoms with E-state index in [1.807, 2.05) is 0 Å². The van der Waals surface area contributed by atoms with Gasteiger partial charge in [0, 0.05) is 7.05 Å². The molecule has 0 aliphatic carbocycles. The van der Waals surface area contributed by atoms with E-state index in [-0.39, 0.29) is 59.3 Å². The van der Waals surface area contributed by atoms with Gasteiger partial charge in [0.1, 0.15) is 37.8 Å². The van der Waals surface area contributed by atoms with Crippen LogP contribution in [0, 0.1) is 5.92 Å². The Balaban J connectivity index is 1.71. The molecule has 2 aromatic rings. The number of aliphatic imine (C=N–C) groups is 1. The number of nitrogens with two attached hydrogens (primary N) is 1. The van der Waals surface area contributed by atoms with Gasteiger partial charge in [-0.05, 0) is 49.2 Å². The molecule has 5 atom stereocenters. The van der Waals surface area contributed by atoms with Gasteiger partial charge in [-0.25, -0.2) is 9.59 Å². The number of aliphatic hydroxyl groups is 3. The third kappa shape index (κ3) is 10.2. The van der Waals surface area contributed by atoms with Crippen molar-refractivity contribution in [1.29, 1.82) is 0 Å². The van der Waals surface area contributed by atoms with Gasteiger partial charge >= 0.3 is 11.9 Å². The number of carboxylic acids is 1. The van der Waals surface area contributed by atoms with Gasteiger partial charge in [0.05, 0.1) is 18.2 Å². The van der Waals surface area contributed by atoms with E-state index in [4.69, 9.17) is 34.2 Å². The normalized spacial score (nSPS) is 21.2. The number of aliphatic hydroxyl groups excluding tert-OH is 3. The van der Waals surface area contributed by atoms with Gasteiger partial charge < -0.3 is 65.0 Å². The first-order valence-electron chi connectivity index (χ1n) is 14.6. The molecule has 0 spiro atoms. The van der Waals surface area contributed by atoms with Crippen LogP contribution in [0.4, 0.5) is 0 Å². The van der Waals surface area contributed by atoms with Gasteiger partial charge in [-0.15, -0.1) is 0 Å². The largest absolute Gasteiger partial charge is 0.502 e. The number of hydrogen-bond donors (Lipinski definition) is 8. The molecule has 17 nitrogen and oxygen atoms in total. The zero-order valence-corrected chi connectivity index (χ0v) is 26.4. The molecule has 3 rings (SSSR count). The summed E-state index contributed by atoms with van der Waals surface area (Å²) in [6.07, 6.45) is -7.37. The highest BCUT2D eigenvalue weighted by atomic mass is 16.7. The third-order valence-corrected chi connectivity index (χ3v) is 6.93. The van der Waals surface area contributed by atoms with Crippen LogP contribution in [0.3, 0.4) is 0 Å². The molecule has 0 aromatic heterocycles. The predicted molar refractivity (Wildman–Crippen MR) is 165 cm³/mol. The van der Waals surface area contributed by atoms with Crippen molar-refractivity contribution in [2.45, 2.75) is 51.0 Å². The molecular weight excluding hydrogens is 624 g/mol. The minimum atomic E-state index is -1.79. The molecule has 260 valence electrons. The summed E-state index contributed by atoms with van der Waals surface area (Å²) in [6, 6.07) is 6.10. The number of aromatic hydroxyl groups is 1. The maximum absolute atomic E-state index is 13.0. The average Bonchev–Trinajstić information content (AvgIpc) is 3.04. The molecule has 1 aliphatic rings. The van der Waals surface area contributed by atoms with Gasteiger partial charge in [-0.2, -0.15) is 0 Å². The molecule has 0 saturated carbocycles. The molecule has 1 saturated heterocycles. The molecular formula is C30H42N4O13. The summed E-state index contributed by atoms with van der Waals surface area (Å²) < 4.78 is 33.0. The van der Waals surface area contributed by atoms with E-state index in [1.165, 1.54) is 38.4 Å². The number of aromatic carboxylic acids is 1. The highest BCUT2D eigenvalue weighted by Crippen LogP contribution is 2.38. The van der Waals surface area contributed by atoms with Crippen molar-refractivity contribution in [3.05, 3.63) is 41.5 Å². The summed E-state index contributed by atoms with van der Waals surface area (Å²) >= 11 is 0. The molecule has 17 heteroatoms. The Kier molecular flexibility index (Phi) is 13.7. The van der Waals surface area contributed by atoms with Crippen LogP contribution in [0.25, 0.3) is 0 Å². The van der Waals surface area contributed by atoms with Crippen molar-refractivity contribution in [1.82, 2.24) is 10.6 Å². The van der Waals surface area contributed by atoms with Crippen LogP contribution in [-0.2, 0) is 9.47 Å². The van der Waals surface area contributed by atoms with Crippen molar-refractivity contribution in [2.75, 3.05) is 40.8 Å². The number of phenols is 1. The molecule has 1 heterocycles. The number of carbonyl (C=O) groups excluding carboxylic acids is 1. The Bertz CT molecular complexity index is 1390. The summed E-state index contributed by atoms with van der Waals surface area (Å²) in [6.45, 7) is 4.05. The van der Waals surface area contributed by atoms with Crippen molar-refractivity contribution in [2.24, 2.45) is 16.6 Å². The SMILES string of the molecule is CN=C(N)NCOc1cc(C(=O)O)ccc1O[C@@H]1O[C@@H](COC(=O)c2cc(OC)c(O)c(OCNCCC(C)C)c2)[C@@H](O)[C@H](O)[C@H]1O. The van der Waals surface area contributed by atoms with Crippen molar-refractivity contribution in [3.63, 3.8) is 0 Å². The Hall–Kier alpha value is -4.55. The Labute approximate surface area is 270 Å². The third-order valence-electron chi connectivity index (χ3n) is 6.93. The monoisotopic (exact) mass is 666 g/mol. The van der Waals surface area contributed by atoms with Crippen LogP contribution in [0.15, 0.2) is 35.3 Å². The highest BCUT2D eigenvalue weighted by Gasteiger charge is 2.46. The predicted octanol–water partition coefficient (Wildman–Crippen LogP) is -0.0152. The van der Waals surface area contributed by atoms with Crippen LogP contribution in [0.1, 0.15) is 41.0 Å². The standard InChI is InChI=1S/C30H42N4O13/c1-15(2)7-8-33-13-44-21-11-17(10-20(42-4)23(21)35)28(41)43-12-22-24(36)25(37)26(38)29(47-22)46-18-6-5-16(27(39)40)9-19(18)45-14-34-30(31)32-3/h5-6,9-11,15,22,24-26,29,33,35-38H,7-8,12-14H2,1-4H3,(H,39,40)(H3,31,32,34)/t22-,24+,25-,26+,29+/m0/s1. The fourth-order valence-corrected chi connectivity index (χ4v) is 4.19. The number of carboxylic acid groups (broad SMARTS) is 1. The average molecular weight is 667 g/mol. The summed E-state index contributed by atoms with van der Waals surface area (Å²) in [7, 11) is 2.74. The number of carbonyl (C=O) groups is 2. The fraction of sp³-hybridized carbons (Fsp3) is 0.500. The lowest BCUT2D eigenvalue weighted by Crippen LogP contribution is -2.60. The first kappa shape index (κ1) is 36.9. The van der Waals surface area contributed by atoms with E-state index in [2.05, 4.69) is 29.5 Å². The van der Waals surface area contributed by atoms with Crippen molar-refractivity contribution in [3.8, 4) is 28.7 Å². The quantitative estimate of drug-likeness (QED) is 0.0385. The second-order valence-corrected chi connectivity index (χ2v) is 10.8. The summed E-state index contributed by atoms with van der Waals surface area (Å²) in [5.41, 5.74) is 5.39. The van der Waals surface area contributed by atoms with Gasteiger partial charge in [0.2, 0.25) is 12.0 Å². The lowest BCUT2D eigenvalue weighted by atomic mass is 9.99. The van der Waals surface area contributed by atoms with Crippen LogP contribution < -0.4 is 35.3 Å². The van der Waals surface area contributed by atoms with Crippen LogP contribution in [0.5, 0.6) is 28.7 Å². The second kappa shape index (κ2) is 17.4. The number of methoxy groups -OCH3 is 1. The van der Waals surface area contributed by atoms with Gasteiger partial charge in [0.25, 0.3) is 0 Å². The molecule has 0 unspecified atom stereocenters. The topological polar surface area (TPSA) is 253 Å². The Morgan fingerprint density at radius 3 is 2.32 bits per heavy atom. The number of nitrogens with one attached hydrogen (secondary N) is 2.